The highest BCUT2D eigenvalue weighted by Crippen LogP contribution is 2.31. The molecular weight excluding hydrogens is 334 g/mol. The Morgan fingerprint density at radius 2 is 1.96 bits per heavy atom. The number of nitrogens with zero attached hydrogens (tertiary/aromatic N) is 5. The highest BCUT2D eigenvalue weighted by atomic mass is 35.5. The Bertz CT molecular complexity index is 891. The number of benzene rings is 1. The first-order valence-electron chi connectivity index (χ1n) is 7.02. The lowest BCUT2D eigenvalue weighted by molar-refractivity contribution is 0.608. The molecule has 3 rings (SSSR count). The van der Waals surface area contributed by atoms with Gasteiger partial charge in [0.1, 0.15) is 10.8 Å². The number of aryl methyl sites for hydroxylation is 2. The molecule has 0 aliphatic carbocycles. The minimum Gasteiger partial charge on any atom is -0.274 e. The van der Waals surface area contributed by atoms with Crippen LogP contribution in [0.1, 0.15) is 12.7 Å². The van der Waals surface area contributed by atoms with Gasteiger partial charge in [0.05, 0.1) is 11.1 Å². The van der Waals surface area contributed by atoms with Gasteiger partial charge in [0.2, 0.25) is 5.16 Å². The number of para-hydroxylation sites is 1. The van der Waals surface area contributed by atoms with Crippen LogP contribution in [0, 0.1) is 6.92 Å². The number of hydrogen-bond acceptors (Lipinski definition) is 5. The predicted octanol–water partition coefficient (Wildman–Crippen LogP) is 2.96. The summed E-state index contributed by atoms with van der Waals surface area (Å²) in [5.74, 6) is 0.754. The Labute approximate surface area is 142 Å². The summed E-state index contributed by atoms with van der Waals surface area (Å²) in [6.07, 6.45) is 1.58. The summed E-state index contributed by atoms with van der Waals surface area (Å²) < 4.78 is 3.23. The Kier molecular flexibility index (Phi) is 4.49. The van der Waals surface area contributed by atoms with Gasteiger partial charge in [-0.2, -0.15) is 5.10 Å². The van der Waals surface area contributed by atoms with Crippen molar-refractivity contribution in [3.05, 3.63) is 57.7 Å². The van der Waals surface area contributed by atoms with E-state index in [9.17, 15) is 4.79 Å². The second-order valence-electron chi connectivity index (χ2n) is 4.75. The minimum absolute atomic E-state index is 0.145. The van der Waals surface area contributed by atoms with Gasteiger partial charge in [-0.15, -0.1) is 10.2 Å². The summed E-state index contributed by atoms with van der Waals surface area (Å²) in [6, 6.07) is 9.77. The standard InChI is InChI=1S/C15H14ClN5OS/c1-3-20-14(22)13(16)12(9-17-20)23-15-19-18-10(2)21(15)11-7-5-4-6-8-11/h4-9H,3H2,1-2H3. The second kappa shape index (κ2) is 6.55. The molecule has 0 N–H and O–H groups in total. The van der Waals surface area contributed by atoms with Crippen molar-refractivity contribution in [3.8, 4) is 5.69 Å². The maximum Gasteiger partial charge on any atom is 0.286 e. The predicted molar refractivity (Wildman–Crippen MR) is 89.4 cm³/mol. The van der Waals surface area contributed by atoms with Crippen LogP contribution in [0.3, 0.4) is 0 Å². The fraction of sp³-hybridized carbons (Fsp3) is 0.200. The third-order valence-electron chi connectivity index (χ3n) is 3.26. The fourth-order valence-electron chi connectivity index (χ4n) is 2.13. The molecule has 118 valence electrons. The van der Waals surface area contributed by atoms with Gasteiger partial charge in [-0.25, -0.2) is 4.68 Å². The monoisotopic (exact) mass is 347 g/mol. The van der Waals surface area contributed by atoms with Gasteiger partial charge in [-0.05, 0) is 37.7 Å². The molecule has 0 bridgehead atoms. The number of aromatic nitrogens is 5. The molecule has 0 atom stereocenters. The van der Waals surface area contributed by atoms with Crippen molar-refractivity contribution in [1.29, 1.82) is 0 Å². The first-order chi connectivity index (χ1) is 11.1. The molecule has 23 heavy (non-hydrogen) atoms. The van der Waals surface area contributed by atoms with Crippen molar-refractivity contribution >= 4 is 23.4 Å². The molecule has 0 radical (unpaired) electrons. The van der Waals surface area contributed by atoms with Crippen LogP contribution in [0.5, 0.6) is 0 Å². The molecule has 6 nitrogen and oxygen atoms in total. The van der Waals surface area contributed by atoms with E-state index in [0.717, 1.165) is 11.5 Å². The molecule has 0 spiro atoms. The van der Waals surface area contributed by atoms with E-state index in [1.165, 1.54) is 16.4 Å². The molecule has 0 aliphatic rings. The van der Waals surface area contributed by atoms with Crippen LogP contribution < -0.4 is 5.56 Å². The van der Waals surface area contributed by atoms with E-state index >= 15 is 0 Å². The van der Waals surface area contributed by atoms with E-state index in [-0.39, 0.29) is 10.6 Å². The third-order valence-corrected chi connectivity index (χ3v) is 4.72. The van der Waals surface area contributed by atoms with Gasteiger partial charge in [0.25, 0.3) is 5.56 Å². The van der Waals surface area contributed by atoms with Crippen LogP contribution in [0.25, 0.3) is 5.69 Å². The van der Waals surface area contributed by atoms with Crippen LogP contribution in [0.2, 0.25) is 5.02 Å². The molecule has 2 aromatic heterocycles. The zero-order valence-corrected chi connectivity index (χ0v) is 14.2. The second-order valence-corrected chi connectivity index (χ2v) is 6.13. The minimum atomic E-state index is -0.304. The molecule has 2 heterocycles. The van der Waals surface area contributed by atoms with Gasteiger partial charge in [0, 0.05) is 12.2 Å². The maximum absolute atomic E-state index is 12.1. The summed E-state index contributed by atoms with van der Waals surface area (Å²) in [6.45, 7) is 4.19. The average molecular weight is 348 g/mol. The van der Waals surface area contributed by atoms with Crippen LogP contribution in [0.4, 0.5) is 0 Å². The molecule has 0 amide bonds. The van der Waals surface area contributed by atoms with Crippen LogP contribution >= 0.6 is 23.4 Å². The van der Waals surface area contributed by atoms with Crippen LogP contribution in [-0.4, -0.2) is 24.5 Å². The van der Waals surface area contributed by atoms with E-state index in [0.29, 0.717) is 16.6 Å². The summed E-state index contributed by atoms with van der Waals surface area (Å²) >= 11 is 7.45. The maximum atomic E-state index is 12.1. The van der Waals surface area contributed by atoms with Crippen molar-refractivity contribution in [2.45, 2.75) is 30.4 Å². The molecule has 8 heteroatoms. The Balaban J connectivity index is 2.03. The molecule has 1 aromatic carbocycles. The lowest BCUT2D eigenvalue weighted by Crippen LogP contribution is -2.22. The highest BCUT2D eigenvalue weighted by molar-refractivity contribution is 7.99. The largest absolute Gasteiger partial charge is 0.286 e. The Morgan fingerprint density at radius 3 is 2.65 bits per heavy atom. The SMILES string of the molecule is CCn1ncc(Sc2nnc(C)n2-c2ccccc2)c(Cl)c1=O. The van der Waals surface area contributed by atoms with Crippen molar-refractivity contribution in [1.82, 2.24) is 24.5 Å². The van der Waals surface area contributed by atoms with Gasteiger partial charge in [-0.1, -0.05) is 29.8 Å². The van der Waals surface area contributed by atoms with Gasteiger partial charge < -0.3 is 0 Å². The van der Waals surface area contributed by atoms with Gasteiger partial charge >= 0.3 is 0 Å². The zero-order valence-electron chi connectivity index (χ0n) is 12.6. The molecule has 0 unspecified atom stereocenters. The van der Waals surface area contributed by atoms with Crippen molar-refractivity contribution in [3.63, 3.8) is 0 Å². The third kappa shape index (κ3) is 3.02. The van der Waals surface area contributed by atoms with Crippen LogP contribution in [0.15, 0.2) is 51.4 Å². The molecule has 0 fully saturated rings. The molecular formula is C15H14ClN5OS. The topological polar surface area (TPSA) is 65.6 Å². The number of halogens is 1. The van der Waals surface area contributed by atoms with E-state index in [2.05, 4.69) is 15.3 Å². The zero-order chi connectivity index (χ0) is 16.4. The molecule has 0 saturated carbocycles. The van der Waals surface area contributed by atoms with Gasteiger partial charge in [0.15, 0.2) is 0 Å². The fourth-order valence-corrected chi connectivity index (χ4v) is 3.27. The van der Waals surface area contributed by atoms with E-state index in [1.807, 2.05) is 48.7 Å². The molecule has 0 saturated heterocycles. The Hall–Kier alpha value is -2.12. The highest BCUT2D eigenvalue weighted by Gasteiger charge is 2.16. The number of hydrogen-bond donors (Lipinski definition) is 0. The van der Waals surface area contributed by atoms with E-state index < -0.39 is 0 Å². The van der Waals surface area contributed by atoms with Gasteiger partial charge in [-0.3, -0.25) is 9.36 Å². The molecule has 3 aromatic rings. The summed E-state index contributed by atoms with van der Waals surface area (Å²) in [5, 5.41) is 13.2. The van der Waals surface area contributed by atoms with Crippen molar-refractivity contribution in [2.75, 3.05) is 0 Å². The molecule has 0 aliphatic heterocycles. The van der Waals surface area contributed by atoms with E-state index in [1.54, 1.807) is 6.20 Å². The first-order valence-corrected chi connectivity index (χ1v) is 8.22. The average Bonchev–Trinajstić information content (AvgIpc) is 2.93. The van der Waals surface area contributed by atoms with Crippen LogP contribution in [-0.2, 0) is 6.54 Å². The summed E-state index contributed by atoms with van der Waals surface area (Å²) in [7, 11) is 0. The summed E-state index contributed by atoms with van der Waals surface area (Å²) in [5.41, 5.74) is 0.644. The Morgan fingerprint density at radius 1 is 1.22 bits per heavy atom. The first kappa shape index (κ1) is 15.8. The van der Waals surface area contributed by atoms with E-state index in [4.69, 9.17) is 11.6 Å². The summed E-state index contributed by atoms with van der Waals surface area (Å²) in [4.78, 5) is 12.6. The van der Waals surface area contributed by atoms with Crippen molar-refractivity contribution in [2.24, 2.45) is 0 Å². The normalized spacial score (nSPS) is 10.9. The smallest absolute Gasteiger partial charge is 0.274 e. The quantitative estimate of drug-likeness (QED) is 0.726. The lowest BCUT2D eigenvalue weighted by Gasteiger charge is -2.09. The van der Waals surface area contributed by atoms with Crippen molar-refractivity contribution < 1.29 is 0 Å². The number of rotatable bonds is 4. The lowest BCUT2D eigenvalue weighted by atomic mass is 10.3.